The maximum atomic E-state index is 12.5. The van der Waals surface area contributed by atoms with Crippen molar-refractivity contribution in [1.82, 2.24) is 10.2 Å². The van der Waals surface area contributed by atoms with E-state index in [1.54, 1.807) is 39.5 Å². The van der Waals surface area contributed by atoms with Gasteiger partial charge in [-0.1, -0.05) is 12.1 Å². The molecule has 1 aliphatic heterocycles. The van der Waals surface area contributed by atoms with Crippen molar-refractivity contribution in [3.63, 3.8) is 0 Å². The molecule has 1 saturated heterocycles. The van der Waals surface area contributed by atoms with E-state index < -0.39 is 23.1 Å². The summed E-state index contributed by atoms with van der Waals surface area (Å²) >= 11 is 0. The van der Waals surface area contributed by atoms with Gasteiger partial charge in [-0.05, 0) is 59.2 Å². The van der Waals surface area contributed by atoms with Crippen LogP contribution in [0.2, 0.25) is 0 Å². The van der Waals surface area contributed by atoms with Crippen LogP contribution < -0.4 is 10.2 Å². The highest BCUT2D eigenvalue weighted by Crippen LogP contribution is 2.19. The average molecular weight is 434 g/mol. The Morgan fingerprint density at radius 3 is 2.26 bits per heavy atom. The molecule has 1 aromatic rings. The van der Waals surface area contributed by atoms with Crippen molar-refractivity contribution >= 4 is 23.7 Å². The molecule has 1 heterocycles. The van der Waals surface area contributed by atoms with Crippen LogP contribution >= 0.6 is 0 Å². The van der Waals surface area contributed by atoms with Crippen LogP contribution in [0, 0.1) is 12.3 Å². The van der Waals surface area contributed by atoms with Gasteiger partial charge in [-0.25, -0.2) is 4.79 Å². The van der Waals surface area contributed by atoms with Crippen LogP contribution in [0.25, 0.3) is 0 Å². The third-order valence-corrected chi connectivity index (χ3v) is 4.95. The SMILES string of the molecule is Cc1cccc(N2CCN(C(=O)COC(=O)C(C)(C)CNC(=O)OC(C)(C)C)CC2)c1. The molecule has 1 aliphatic rings. The number of ether oxygens (including phenoxy) is 2. The number of rotatable bonds is 6. The molecule has 0 bridgehead atoms. The van der Waals surface area contributed by atoms with Crippen molar-refractivity contribution in [1.29, 1.82) is 0 Å². The zero-order valence-corrected chi connectivity index (χ0v) is 19.5. The Kier molecular flexibility index (Phi) is 7.92. The van der Waals surface area contributed by atoms with E-state index in [9.17, 15) is 14.4 Å². The molecule has 1 aromatic carbocycles. The summed E-state index contributed by atoms with van der Waals surface area (Å²) in [4.78, 5) is 40.7. The lowest BCUT2D eigenvalue weighted by Gasteiger charge is -2.36. The number of hydrogen-bond donors (Lipinski definition) is 1. The number of amides is 2. The summed E-state index contributed by atoms with van der Waals surface area (Å²) < 4.78 is 10.4. The van der Waals surface area contributed by atoms with Crippen molar-refractivity contribution in [2.75, 3.05) is 44.2 Å². The molecule has 0 aromatic heterocycles. The van der Waals surface area contributed by atoms with Crippen LogP contribution in [-0.4, -0.2) is 67.8 Å². The van der Waals surface area contributed by atoms with Crippen LogP contribution in [0.4, 0.5) is 10.5 Å². The van der Waals surface area contributed by atoms with E-state index in [0.29, 0.717) is 13.1 Å². The number of aryl methyl sites for hydroxylation is 1. The topological polar surface area (TPSA) is 88.2 Å². The van der Waals surface area contributed by atoms with Crippen molar-refractivity contribution in [2.45, 2.75) is 47.1 Å². The van der Waals surface area contributed by atoms with Crippen molar-refractivity contribution in [2.24, 2.45) is 5.41 Å². The lowest BCUT2D eigenvalue weighted by atomic mass is 9.94. The number of carbonyl (C=O) groups is 3. The molecule has 0 unspecified atom stereocenters. The maximum Gasteiger partial charge on any atom is 0.407 e. The van der Waals surface area contributed by atoms with Crippen LogP contribution in [-0.2, 0) is 19.1 Å². The van der Waals surface area contributed by atoms with Gasteiger partial charge in [-0.15, -0.1) is 0 Å². The van der Waals surface area contributed by atoms with E-state index in [-0.39, 0.29) is 19.1 Å². The van der Waals surface area contributed by atoms with E-state index in [1.807, 2.05) is 6.07 Å². The molecule has 8 nitrogen and oxygen atoms in total. The average Bonchev–Trinajstić information content (AvgIpc) is 2.69. The van der Waals surface area contributed by atoms with E-state index in [2.05, 4.69) is 35.3 Å². The van der Waals surface area contributed by atoms with E-state index in [1.165, 1.54) is 5.56 Å². The van der Waals surface area contributed by atoms with Gasteiger partial charge in [-0.2, -0.15) is 0 Å². The summed E-state index contributed by atoms with van der Waals surface area (Å²) in [5, 5.41) is 2.57. The van der Waals surface area contributed by atoms with E-state index in [4.69, 9.17) is 9.47 Å². The number of hydrogen-bond acceptors (Lipinski definition) is 6. The lowest BCUT2D eigenvalue weighted by molar-refractivity contribution is -0.159. The minimum atomic E-state index is -0.985. The molecule has 1 fully saturated rings. The summed E-state index contributed by atoms with van der Waals surface area (Å²) in [6, 6.07) is 8.29. The number of benzene rings is 1. The maximum absolute atomic E-state index is 12.5. The first-order valence-corrected chi connectivity index (χ1v) is 10.6. The Bertz CT molecular complexity index is 793. The molecule has 31 heavy (non-hydrogen) atoms. The molecular weight excluding hydrogens is 398 g/mol. The fraction of sp³-hybridized carbons (Fsp3) is 0.609. The molecule has 8 heteroatoms. The van der Waals surface area contributed by atoms with Crippen molar-refractivity contribution in [3.05, 3.63) is 29.8 Å². The van der Waals surface area contributed by atoms with E-state index >= 15 is 0 Å². The van der Waals surface area contributed by atoms with Gasteiger partial charge in [-0.3, -0.25) is 9.59 Å². The highest BCUT2D eigenvalue weighted by atomic mass is 16.6. The van der Waals surface area contributed by atoms with Crippen molar-refractivity contribution < 1.29 is 23.9 Å². The summed E-state index contributed by atoms with van der Waals surface area (Å²) in [5.41, 5.74) is 0.746. The summed E-state index contributed by atoms with van der Waals surface area (Å²) in [6.45, 7) is 13.0. The number of carbonyl (C=O) groups excluding carboxylic acids is 3. The Hall–Kier alpha value is -2.77. The van der Waals surface area contributed by atoms with Gasteiger partial charge in [0.05, 0.1) is 5.41 Å². The van der Waals surface area contributed by atoms with Gasteiger partial charge >= 0.3 is 12.1 Å². The predicted molar refractivity (Wildman–Crippen MR) is 119 cm³/mol. The Labute approximate surface area is 184 Å². The van der Waals surface area contributed by atoms with Crippen LogP contribution in [0.1, 0.15) is 40.2 Å². The highest BCUT2D eigenvalue weighted by Gasteiger charge is 2.32. The fourth-order valence-corrected chi connectivity index (χ4v) is 3.13. The third kappa shape index (κ3) is 7.77. The van der Waals surface area contributed by atoms with Gasteiger partial charge in [0, 0.05) is 38.4 Å². The van der Waals surface area contributed by atoms with Gasteiger partial charge in [0.25, 0.3) is 5.91 Å². The number of nitrogens with zero attached hydrogens (tertiary/aromatic N) is 2. The van der Waals surface area contributed by atoms with Crippen LogP contribution in [0.5, 0.6) is 0 Å². The second-order valence-electron chi connectivity index (χ2n) is 9.52. The molecule has 1 N–H and O–H groups in total. The smallest absolute Gasteiger partial charge is 0.407 e. The first kappa shape index (κ1) is 24.5. The number of nitrogens with one attached hydrogen (secondary N) is 1. The monoisotopic (exact) mass is 433 g/mol. The first-order chi connectivity index (χ1) is 14.4. The first-order valence-electron chi connectivity index (χ1n) is 10.6. The normalized spacial score (nSPS) is 14.8. The number of alkyl carbamates (subject to hydrolysis) is 1. The Morgan fingerprint density at radius 2 is 1.68 bits per heavy atom. The summed E-state index contributed by atoms with van der Waals surface area (Å²) in [7, 11) is 0. The zero-order chi connectivity index (χ0) is 23.2. The number of piperazine rings is 1. The molecular formula is C23H35N3O5. The molecule has 0 atom stereocenters. The quantitative estimate of drug-likeness (QED) is 0.694. The third-order valence-electron chi connectivity index (χ3n) is 4.95. The molecule has 0 spiro atoms. The van der Waals surface area contributed by atoms with Gasteiger partial charge in [0.2, 0.25) is 0 Å². The fourth-order valence-electron chi connectivity index (χ4n) is 3.13. The Morgan fingerprint density at radius 1 is 1.03 bits per heavy atom. The molecule has 2 amide bonds. The minimum absolute atomic E-state index is 0.0457. The van der Waals surface area contributed by atoms with E-state index in [0.717, 1.165) is 18.8 Å². The second-order valence-corrected chi connectivity index (χ2v) is 9.52. The Balaban J connectivity index is 1.76. The number of esters is 1. The molecule has 0 aliphatic carbocycles. The van der Waals surface area contributed by atoms with Gasteiger partial charge in [0.1, 0.15) is 5.60 Å². The lowest BCUT2D eigenvalue weighted by Crippen LogP contribution is -2.50. The zero-order valence-electron chi connectivity index (χ0n) is 19.5. The second kappa shape index (κ2) is 10.0. The summed E-state index contributed by atoms with van der Waals surface area (Å²) in [5.74, 6) is -0.761. The molecule has 0 saturated carbocycles. The van der Waals surface area contributed by atoms with Gasteiger partial charge < -0.3 is 24.6 Å². The largest absolute Gasteiger partial charge is 0.455 e. The minimum Gasteiger partial charge on any atom is -0.455 e. The van der Waals surface area contributed by atoms with Crippen molar-refractivity contribution in [3.8, 4) is 0 Å². The van der Waals surface area contributed by atoms with Crippen LogP contribution in [0.3, 0.4) is 0 Å². The number of anilines is 1. The molecule has 172 valence electrons. The van der Waals surface area contributed by atoms with Gasteiger partial charge in [0.15, 0.2) is 6.61 Å². The molecule has 2 rings (SSSR count). The van der Waals surface area contributed by atoms with Crippen LogP contribution in [0.15, 0.2) is 24.3 Å². The predicted octanol–water partition coefficient (Wildman–Crippen LogP) is 2.74. The summed E-state index contributed by atoms with van der Waals surface area (Å²) in [6.07, 6.45) is -0.601. The molecule has 0 radical (unpaired) electrons. The standard InChI is InChI=1S/C23H35N3O5/c1-17-8-7-9-18(14-17)25-10-12-26(13-11-25)19(27)15-30-20(28)23(5,6)16-24-21(29)31-22(2,3)4/h7-9,14H,10-13,15-16H2,1-6H3,(H,24,29). The highest BCUT2D eigenvalue weighted by molar-refractivity contribution is 5.83.